The molecule has 1 aromatic heterocycles. The van der Waals surface area contributed by atoms with Gasteiger partial charge in [0.25, 0.3) is 0 Å². The number of aromatic nitrogens is 1. The van der Waals surface area contributed by atoms with Gasteiger partial charge in [-0.25, -0.2) is 0 Å². The maximum Gasteiger partial charge on any atom is 0.175 e. The van der Waals surface area contributed by atoms with Crippen molar-refractivity contribution in [2.45, 2.75) is 32.6 Å². The van der Waals surface area contributed by atoms with Gasteiger partial charge in [-0.05, 0) is 18.9 Å². The second-order valence-electron chi connectivity index (χ2n) is 4.30. The molecular formula is C14H17ClN2O. The van der Waals surface area contributed by atoms with E-state index in [2.05, 4.69) is 19.0 Å². The lowest BCUT2D eigenvalue weighted by Gasteiger charge is -2.11. The van der Waals surface area contributed by atoms with Crippen molar-refractivity contribution in [3.8, 4) is 11.1 Å². The van der Waals surface area contributed by atoms with Crippen LogP contribution < -0.4 is 5.73 Å². The standard InChI is InChI=1S/C14H17ClN2O/c1-3-9(4-2)13-12(14(16)17-18-13)10-7-5-6-8-11(10)15/h5-9H,3-4H2,1-2H3,(H2,16,17). The summed E-state index contributed by atoms with van der Waals surface area (Å²) in [5.74, 6) is 1.57. The highest BCUT2D eigenvalue weighted by Crippen LogP contribution is 2.39. The number of benzene rings is 1. The van der Waals surface area contributed by atoms with Gasteiger partial charge >= 0.3 is 0 Å². The summed E-state index contributed by atoms with van der Waals surface area (Å²) in [4.78, 5) is 0. The molecule has 0 spiro atoms. The van der Waals surface area contributed by atoms with E-state index in [1.807, 2.05) is 24.3 Å². The Kier molecular flexibility index (Phi) is 3.92. The van der Waals surface area contributed by atoms with Gasteiger partial charge < -0.3 is 10.3 Å². The molecule has 0 fully saturated rings. The van der Waals surface area contributed by atoms with Gasteiger partial charge in [0.05, 0.1) is 5.56 Å². The van der Waals surface area contributed by atoms with E-state index in [1.54, 1.807) is 0 Å². The van der Waals surface area contributed by atoms with Gasteiger partial charge in [-0.3, -0.25) is 0 Å². The molecule has 0 aliphatic heterocycles. The zero-order valence-electron chi connectivity index (χ0n) is 10.6. The van der Waals surface area contributed by atoms with Crippen LogP contribution in [0.2, 0.25) is 5.02 Å². The lowest BCUT2D eigenvalue weighted by Crippen LogP contribution is -1.97. The van der Waals surface area contributed by atoms with Gasteiger partial charge in [0.1, 0.15) is 5.76 Å². The summed E-state index contributed by atoms with van der Waals surface area (Å²) >= 11 is 6.23. The summed E-state index contributed by atoms with van der Waals surface area (Å²) in [6, 6.07) is 7.62. The summed E-state index contributed by atoms with van der Waals surface area (Å²) in [5.41, 5.74) is 7.66. The predicted octanol–water partition coefficient (Wildman–Crippen LogP) is 4.48. The van der Waals surface area contributed by atoms with Gasteiger partial charge in [-0.1, -0.05) is 48.8 Å². The van der Waals surface area contributed by atoms with Gasteiger partial charge in [-0.2, -0.15) is 0 Å². The number of anilines is 1. The molecule has 96 valence electrons. The quantitative estimate of drug-likeness (QED) is 0.886. The lowest BCUT2D eigenvalue weighted by molar-refractivity contribution is 0.356. The molecule has 1 aromatic carbocycles. The van der Waals surface area contributed by atoms with Crippen LogP contribution in [0.4, 0.5) is 5.82 Å². The Bertz CT molecular complexity index is 532. The second-order valence-corrected chi connectivity index (χ2v) is 4.71. The fraction of sp³-hybridized carbons (Fsp3) is 0.357. The summed E-state index contributed by atoms with van der Waals surface area (Å²) in [6.45, 7) is 4.26. The maximum atomic E-state index is 6.23. The zero-order chi connectivity index (χ0) is 13.1. The largest absolute Gasteiger partial charge is 0.380 e. The molecule has 1 heterocycles. The highest BCUT2D eigenvalue weighted by molar-refractivity contribution is 6.33. The minimum atomic E-state index is 0.320. The topological polar surface area (TPSA) is 52.0 Å². The minimum absolute atomic E-state index is 0.320. The smallest absolute Gasteiger partial charge is 0.175 e. The van der Waals surface area contributed by atoms with Crippen LogP contribution >= 0.6 is 11.6 Å². The molecule has 0 bridgehead atoms. The maximum absolute atomic E-state index is 6.23. The highest BCUT2D eigenvalue weighted by atomic mass is 35.5. The number of nitrogen functional groups attached to an aromatic ring is 1. The van der Waals surface area contributed by atoms with E-state index < -0.39 is 0 Å². The third kappa shape index (κ3) is 2.23. The van der Waals surface area contributed by atoms with Crippen molar-refractivity contribution in [2.24, 2.45) is 0 Å². The van der Waals surface area contributed by atoms with Crippen molar-refractivity contribution < 1.29 is 4.52 Å². The normalized spacial score (nSPS) is 11.1. The fourth-order valence-corrected chi connectivity index (χ4v) is 2.42. The van der Waals surface area contributed by atoms with E-state index in [-0.39, 0.29) is 0 Å². The summed E-state index contributed by atoms with van der Waals surface area (Å²) < 4.78 is 5.42. The number of nitrogens with zero attached hydrogens (tertiary/aromatic N) is 1. The number of hydrogen-bond donors (Lipinski definition) is 1. The van der Waals surface area contributed by atoms with Crippen LogP contribution in [0.15, 0.2) is 28.8 Å². The number of hydrogen-bond acceptors (Lipinski definition) is 3. The van der Waals surface area contributed by atoms with Crippen molar-refractivity contribution in [2.75, 3.05) is 5.73 Å². The molecule has 0 atom stereocenters. The van der Waals surface area contributed by atoms with E-state index in [4.69, 9.17) is 21.9 Å². The van der Waals surface area contributed by atoms with E-state index >= 15 is 0 Å². The van der Waals surface area contributed by atoms with Crippen molar-refractivity contribution in [1.82, 2.24) is 5.16 Å². The van der Waals surface area contributed by atoms with E-state index in [1.165, 1.54) is 0 Å². The number of halogens is 1. The van der Waals surface area contributed by atoms with Gasteiger partial charge in [0.2, 0.25) is 0 Å². The number of rotatable bonds is 4. The fourth-order valence-electron chi connectivity index (χ4n) is 2.19. The Balaban J connectivity index is 2.57. The molecule has 0 amide bonds. The first-order valence-corrected chi connectivity index (χ1v) is 6.56. The van der Waals surface area contributed by atoms with E-state index in [0.717, 1.165) is 29.7 Å². The lowest BCUT2D eigenvalue weighted by atomic mass is 9.94. The minimum Gasteiger partial charge on any atom is -0.380 e. The molecule has 0 radical (unpaired) electrons. The van der Waals surface area contributed by atoms with E-state index in [9.17, 15) is 0 Å². The predicted molar refractivity (Wildman–Crippen MR) is 74.7 cm³/mol. The van der Waals surface area contributed by atoms with Crippen molar-refractivity contribution >= 4 is 17.4 Å². The second kappa shape index (κ2) is 5.44. The van der Waals surface area contributed by atoms with Crippen LogP contribution in [-0.4, -0.2) is 5.16 Å². The van der Waals surface area contributed by atoms with Crippen LogP contribution in [0.25, 0.3) is 11.1 Å². The third-order valence-corrected chi connectivity index (χ3v) is 3.57. The molecule has 0 aliphatic carbocycles. The molecule has 4 heteroatoms. The van der Waals surface area contributed by atoms with Crippen LogP contribution in [0.3, 0.4) is 0 Å². The van der Waals surface area contributed by atoms with Crippen LogP contribution in [0.1, 0.15) is 38.4 Å². The van der Waals surface area contributed by atoms with Gasteiger partial charge in [-0.15, -0.1) is 0 Å². The molecule has 0 saturated heterocycles. The Morgan fingerprint density at radius 2 is 1.94 bits per heavy atom. The Morgan fingerprint density at radius 3 is 2.56 bits per heavy atom. The molecule has 0 unspecified atom stereocenters. The highest BCUT2D eigenvalue weighted by Gasteiger charge is 2.23. The summed E-state index contributed by atoms with van der Waals surface area (Å²) in [5, 5.41) is 4.56. The van der Waals surface area contributed by atoms with Crippen LogP contribution in [0.5, 0.6) is 0 Å². The van der Waals surface area contributed by atoms with Gasteiger partial charge in [0, 0.05) is 16.5 Å². The van der Waals surface area contributed by atoms with Crippen molar-refractivity contribution in [1.29, 1.82) is 0 Å². The van der Waals surface area contributed by atoms with Crippen LogP contribution in [0, 0.1) is 0 Å². The third-order valence-electron chi connectivity index (χ3n) is 3.24. The molecule has 2 aromatic rings. The first-order chi connectivity index (χ1) is 8.69. The molecule has 18 heavy (non-hydrogen) atoms. The molecular weight excluding hydrogens is 248 g/mol. The van der Waals surface area contributed by atoms with E-state index in [0.29, 0.717) is 16.8 Å². The average Bonchev–Trinajstić information content (AvgIpc) is 2.74. The molecule has 0 aliphatic rings. The Labute approximate surface area is 112 Å². The zero-order valence-corrected chi connectivity index (χ0v) is 11.4. The first kappa shape index (κ1) is 13.0. The van der Waals surface area contributed by atoms with Crippen LogP contribution in [-0.2, 0) is 0 Å². The average molecular weight is 265 g/mol. The SMILES string of the molecule is CCC(CC)c1onc(N)c1-c1ccccc1Cl. The number of nitrogens with two attached hydrogens (primary N) is 1. The Hall–Kier alpha value is -1.48. The molecule has 0 saturated carbocycles. The molecule has 3 nitrogen and oxygen atoms in total. The van der Waals surface area contributed by atoms with Crippen molar-refractivity contribution in [3.63, 3.8) is 0 Å². The monoisotopic (exact) mass is 264 g/mol. The van der Waals surface area contributed by atoms with Crippen molar-refractivity contribution in [3.05, 3.63) is 35.0 Å². The van der Waals surface area contributed by atoms with Gasteiger partial charge in [0.15, 0.2) is 5.82 Å². The summed E-state index contributed by atoms with van der Waals surface area (Å²) in [6.07, 6.45) is 1.98. The molecule has 2 rings (SSSR count). The summed E-state index contributed by atoms with van der Waals surface area (Å²) in [7, 11) is 0. The Morgan fingerprint density at radius 1 is 1.28 bits per heavy atom. The molecule has 2 N–H and O–H groups in total. The first-order valence-electron chi connectivity index (χ1n) is 6.18.